The van der Waals surface area contributed by atoms with Gasteiger partial charge in [0.25, 0.3) is 0 Å². The summed E-state index contributed by atoms with van der Waals surface area (Å²) in [4.78, 5) is 0. The number of nitrogens with one attached hydrogen (secondary N) is 2. The minimum atomic E-state index is -0.450. The maximum absolute atomic E-state index is 9.92. The van der Waals surface area contributed by atoms with Gasteiger partial charge >= 0.3 is 0 Å². The Morgan fingerprint density at radius 1 is 1.13 bits per heavy atom. The molecule has 0 amide bonds. The maximum Gasteiger partial charge on any atom is 0.120 e. The summed E-state index contributed by atoms with van der Waals surface area (Å²) < 4.78 is 0. The molecule has 0 bridgehead atoms. The zero-order valence-corrected chi connectivity index (χ0v) is 10.9. The molecule has 0 saturated heterocycles. The zero-order valence-electron chi connectivity index (χ0n) is 10.9. The van der Waals surface area contributed by atoms with Gasteiger partial charge in [0.05, 0.1) is 0 Å². The number of likely N-dealkylation sites (N-methyl/N-ethyl adjacent to an activating group) is 1. The van der Waals surface area contributed by atoms with Gasteiger partial charge in [0.15, 0.2) is 0 Å². The average molecular weight is 216 g/mol. The third-order valence-electron chi connectivity index (χ3n) is 2.67. The zero-order chi connectivity index (χ0) is 11.8. The van der Waals surface area contributed by atoms with Crippen LogP contribution < -0.4 is 10.6 Å². The summed E-state index contributed by atoms with van der Waals surface area (Å²) in [5.74, 6) is 0.429. The molecule has 0 rings (SSSR count). The van der Waals surface area contributed by atoms with Gasteiger partial charge in [0, 0.05) is 12.1 Å². The standard InChI is InChI=1S/C12H28N2O/c1-6-8-10(5)14-11(9(3)4)12(15)13-7-2/h9-15H,6-8H2,1-5H3/t10-,11+,12?/m0/s1. The van der Waals surface area contributed by atoms with Gasteiger partial charge in [-0.05, 0) is 25.8 Å². The van der Waals surface area contributed by atoms with Gasteiger partial charge in [-0.3, -0.25) is 5.32 Å². The van der Waals surface area contributed by atoms with E-state index in [1.54, 1.807) is 0 Å². The Morgan fingerprint density at radius 3 is 2.13 bits per heavy atom. The molecule has 0 heterocycles. The van der Waals surface area contributed by atoms with Crippen LogP contribution >= 0.6 is 0 Å². The minimum absolute atomic E-state index is 0.131. The van der Waals surface area contributed by atoms with Gasteiger partial charge in [-0.25, -0.2) is 0 Å². The van der Waals surface area contributed by atoms with Crippen LogP contribution in [0.4, 0.5) is 0 Å². The van der Waals surface area contributed by atoms with Crippen LogP contribution in [-0.4, -0.2) is 30.0 Å². The highest BCUT2D eigenvalue weighted by Crippen LogP contribution is 2.08. The van der Waals surface area contributed by atoms with Crippen molar-refractivity contribution in [3.05, 3.63) is 0 Å². The Balaban J connectivity index is 4.14. The first-order valence-corrected chi connectivity index (χ1v) is 6.20. The highest BCUT2D eigenvalue weighted by molar-refractivity contribution is 4.79. The lowest BCUT2D eigenvalue weighted by molar-refractivity contribution is 0.0701. The summed E-state index contributed by atoms with van der Waals surface area (Å²) in [7, 11) is 0. The van der Waals surface area contributed by atoms with Crippen LogP contribution in [0.15, 0.2) is 0 Å². The third-order valence-corrected chi connectivity index (χ3v) is 2.67. The molecule has 0 aromatic heterocycles. The van der Waals surface area contributed by atoms with E-state index in [4.69, 9.17) is 0 Å². The van der Waals surface area contributed by atoms with Crippen molar-refractivity contribution in [2.24, 2.45) is 5.92 Å². The van der Waals surface area contributed by atoms with E-state index in [1.165, 1.54) is 6.42 Å². The molecule has 0 spiro atoms. The fourth-order valence-electron chi connectivity index (χ4n) is 1.83. The first kappa shape index (κ1) is 14.9. The van der Waals surface area contributed by atoms with Crippen LogP contribution in [-0.2, 0) is 0 Å². The second kappa shape index (κ2) is 8.08. The molecule has 0 radical (unpaired) electrons. The van der Waals surface area contributed by atoms with Crippen LogP contribution in [0, 0.1) is 5.92 Å². The van der Waals surface area contributed by atoms with Crippen molar-refractivity contribution in [1.82, 2.24) is 10.6 Å². The van der Waals surface area contributed by atoms with E-state index in [-0.39, 0.29) is 6.04 Å². The fourth-order valence-corrected chi connectivity index (χ4v) is 1.83. The summed E-state index contributed by atoms with van der Waals surface area (Å²) >= 11 is 0. The van der Waals surface area contributed by atoms with E-state index in [2.05, 4.69) is 38.3 Å². The highest BCUT2D eigenvalue weighted by atomic mass is 16.3. The van der Waals surface area contributed by atoms with E-state index in [0.29, 0.717) is 12.0 Å². The number of hydrogen-bond donors (Lipinski definition) is 3. The lowest BCUT2D eigenvalue weighted by atomic mass is 10.0. The molecular formula is C12H28N2O. The molecule has 0 aliphatic rings. The number of aliphatic hydroxyl groups is 1. The summed E-state index contributed by atoms with van der Waals surface area (Å²) in [5, 5.41) is 16.5. The molecule has 0 aliphatic carbocycles. The summed E-state index contributed by atoms with van der Waals surface area (Å²) in [6.45, 7) is 11.4. The van der Waals surface area contributed by atoms with Gasteiger partial charge < -0.3 is 10.4 Å². The molecule has 0 aliphatic heterocycles. The molecular weight excluding hydrogens is 188 g/mol. The first-order chi connectivity index (χ1) is 7.02. The van der Waals surface area contributed by atoms with Crippen molar-refractivity contribution in [2.75, 3.05) is 6.54 Å². The molecule has 0 aromatic carbocycles. The predicted octanol–water partition coefficient (Wildman–Crippen LogP) is 1.72. The van der Waals surface area contributed by atoms with Gasteiger partial charge in [0.1, 0.15) is 6.23 Å². The van der Waals surface area contributed by atoms with Crippen molar-refractivity contribution >= 4 is 0 Å². The lowest BCUT2D eigenvalue weighted by Gasteiger charge is -2.30. The molecule has 0 aromatic rings. The Morgan fingerprint density at radius 2 is 1.73 bits per heavy atom. The SMILES string of the molecule is CCC[C@H](C)N[C@H](C(C)C)C(O)NCC. The molecule has 15 heavy (non-hydrogen) atoms. The summed E-state index contributed by atoms with van der Waals surface area (Å²) in [6.07, 6.45) is 1.88. The summed E-state index contributed by atoms with van der Waals surface area (Å²) in [6, 6.07) is 0.599. The van der Waals surface area contributed by atoms with Gasteiger partial charge in [-0.1, -0.05) is 34.1 Å². The normalized spacial score (nSPS) is 17.8. The molecule has 1 unspecified atom stereocenters. The molecule has 3 nitrogen and oxygen atoms in total. The topological polar surface area (TPSA) is 44.3 Å². The van der Waals surface area contributed by atoms with Crippen molar-refractivity contribution in [3.63, 3.8) is 0 Å². The minimum Gasteiger partial charge on any atom is -0.377 e. The van der Waals surface area contributed by atoms with Crippen LogP contribution in [0.3, 0.4) is 0 Å². The Kier molecular flexibility index (Phi) is 8.02. The highest BCUT2D eigenvalue weighted by Gasteiger charge is 2.22. The first-order valence-electron chi connectivity index (χ1n) is 6.20. The van der Waals surface area contributed by atoms with Gasteiger partial charge in [0.2, 0.25) is 0 Å². The monoisotopic (exact) mass is 216 g/mol. The number of hydrogen-bond acceptors (Lipinski definition) is 3. The second-order valence-corrected chi connectivity index (χ2v) is 4.63. The largest absolute Gasteiger partial charge is 0.377 e. The van der Waals surface area contributed by atoms with Gasteiger partial charge in [-0.15, -0.1) is 0 Å². The van der Waals surface area contributed by atoms with Crippen LogP contribution in [0.1, 0.15) is 47.5 Å². The van der Waals surface area contributed by atoms with E-state index in [0.717, 1.165) is 13.0 Å². The van der Waals surface area contributed by atoms with E-state index in [9.17, 15) is 5.11 Å². The van der Waals surface area contributed by atoms with E-state index < -0.39 is 6.23 Å². The number of rotatable bonds is 8. The van der Waals surface area contributed by atoms with Crippen molar-refractivity contribution < 1.29 is 5.11 Å². The van der Waals surface area contributed by atoms with Crippen molar-refractivity contribution in [1.29, 1.82) is 0 Å². The fraction of sp³-hybridized carbons (Fsp3) is 1.00. The second-order valence-electron chi connectivity index (χ2n) is 4.63. The van der Waals surface area contributed by atoms with E-state index >= 15 is 0 Å². The average Bonchev–Trinajstić information content (AvgIpc) is 2.14. The van der Waals surface area contributed by atoms with Crippen molar-refractivity contribution in [2.45, 2.75) is 65.8 Å². The molecule has 3 heteroatoms. The third kappa shape index (κ3) is 6.13. The molecule has 3 N–H and O–H groups in total. The Hall–Kier alpha value is -0.120. The lowest BCUT2D eigenvalue weighted by Crippen LogP contribution is -2.53. The van der Waals surface area contributed by atoms with Gasteiger partial charge in [-0.2, -0.15) is 0 Å². The Bertz CT molecular complexity index is 151. The van der Waals surface area contributed by atoms with Crippen LogP contribution in [0.25, 0.3) is 0 Å². The Labute approximate surface area is 94.6 Å². The van der Waals surface area contributed by atoms with E-state index in [1.807, 2.05) is 6.92 Å². The molecule has 0 fully saturated rings. The molecule has 3 atom stereocenters. The predicted molar refractivity (Wildman–Crippen MR) is 65.8 cm³/mol. The van der Waals surface area contributed by atoms with Crippen LogP contribution in [0.5, 0.6) is 0 Å². The number of aliphatic hydroxyl groups excluding tert-OH is 1. The summed E-state index contributed by atoms with van der Waals surface area (Å²) in [5.41, 5.74) is 0. The maximum atomic E-state index is 9.92. The smallest absolute Gasteiger partial charge is 0.120 e. The van der Waals surface area contributed by atoms with Crippen LogP contribution in [0.2, 0.25) is 0 Å². The quantitative estimate of drug-likeness (QED) is 0.541. The molecule has 0 saturated carbocycles. The van der Waals surface area contributed by atoms with Crippen molar-refractivity contribution in [3.8, 4) is 0 Å². The molecule has 92 valence electrons.